The second-order valence-corrected chi connectivity index (χ2v) is 5.17. The molecule has 0 rings (SSSR count). The summed E-state index contributed by atoms with van der Waals surface area (Å²) >= 11 is 0.815. The molecule has 0 amide bonds. The van der Waals surface area contributed by atoms with Crippen LogP contribution in [-0.4, -0.2) is 46.3 Å². The zero-order valence-corrected chi connectivity index (χ0v) is 12.8. The molecule has 0 fully saturated rings. The third-order valence-corrected chi connectivity index (χ3v) is 2.95. The van der Waals surface area contributed by atoms with Gasteiger partial charge >= 0.3 is 101 Å². The average molecular weight is 309 g/mol. The van der Waals surface area contributed by atoms with Crippen LogP contribution in [0.1, 0.15) is 40.0 Å². The number of ether oxygens (including phenoxy) is 3. The van der Waals surface area contributed by atoms with Crippen LogP contribution < -0.4 is 0 Å². The molecule has 0 saturated heterocycles. The molecule has 0 heterocycles. The van der Waals surface area contributed by atoms with Gasteiger partial charge in [-0.2, -0.15) is 0 Å². The molecule has 0 aliphatic heterocycles. The van der Waals surface area contributed by atoms with Crippen LogP contribution in [0.4, 0.5) is 0 Å². The number of hydrogen-bond acceptors (Lipinski definition) is 3. The van der Waals surface area contributed by atoms with Gasteiger partial charge < -0.3 is 0 Å². The van der Waals surface area contributed by atoms with Gasteiger partial charge in [0.1, 0.15) is 0 Å². The van der Waals surface area contributed by atoms with Crippen molar-refractivity contribution in [1.82, 2.24) is 0 Å². The van der Waals surface area contributed by atoms with Crippen LogP contribution in [0, 0.1) is 0 Å². The summed E-state index contributed by atoms with van der Waals surface area (Å²) in [5.74, 6) is 0. The van der Waals surface area contributed by atoms with Crippen LogP contribution in [0.3, 0.4) is 0 Å². The van der Waals surface area contributed by atoms with Crippen molar-refractivity contribution in [3.05, 3.63) is 0 Å². The first kappa shape index (κ1) is 14.7. The molecule has 0 bridgehead atoms. The molecular formula is C10H22O3Sn. The zero-order chi connectivity index (χ0) is 10.9. The second-order valence-electron chi connectivity index (χ2n) is 3.15. The normalized spacial score (nSPS) is 12.0. The van der Waals surface area contributed by atoms with Gasteiger partial charge in [-0.1, -0.05) is 0 Å². The van der Waals surface area contributed by atoms with E-state index in [1.807, 2.05) is 0 Å². The molecule has 0 aliphatic carbocycles. The Morgan fingerprint density at radius 1 is 0.786 bits per heavy atom. The van der Waals surface area contributed by atoms with Gasteiger partial charge in [-0.05, 0) is 0 Å². The Balaban J connectivity index is 3.89. The summed E-state index contributed by atoms with van der Waals surface area (Å²) in [5, 5.41) is 0. The Morgan fingerprint density at radius 3 is 1.29 bits per heavy atom. The van der Waals surface area contributed by atoms with E-state index in [1.165, 1.54) is 0 Å². The van der Waals surface area contributed by atoms with Crippen molar-refractivity contribution >= 4 is 22.5 Å². The predicted octanol–water partition coefficient (Wildman–Crippen LogP) is 1.78. The maximum absolute atomic E-state index is 5.60. The fraction of sp³-hybridized carbons (Fsp3) is 1.00. The van der Waals surface area contributed by atoms with E-state index < -0.39 is 3.99 Å². The first-order valence-electron chi connectivity index (χ1n) is 5.39. The van der Waals surface area contributed by atoms with E-state index in [2.05, 4.69) is 20.8 Å². The molecule has 0 atom stereocenters. The summed E-state index contributed by atoms with van der Waals surface area (Å²) in [6.45, 7) is 8.36. The standard InChI is InChI=1S/C10H21O3.Sn.H/c1-4-7-11-10(12-8-5-2)13-9-6-3;;/h4-9H2,1-3H3;;. The zero-order valence-electron chi connectivity index (χ0n) is 9.54. The Morgan fingerprint density at radius 2 is 1.07 bits per heavy atom. The Hall–Kier alpha value is 0.679. The predicted molar refractivity (Wildman–Crippen MR) is 58.6 cm³/mol. The third-order valence-electron chi connectivity index (χ3n) is 1.52. The van der Waals surface area contributed by atoms with Gasteiger partial charge in [0.2, 0.25) is 0 Å². The summed E-state index contributed by atoms with van der Waals surface area (Å²) in [6, 6.07) is 0. The van der Waals surface area contributed by atoms with Gasteiger partial charge in [0.25, 0.3) is 0 Å². The fourth-order valence-electron chi connectivity index (χ4n) is 0.858. The van der Waals surface area contributed by atoms with Crippen molar-refractivity contribution in [3.63, 3.8) is 0 Å². The Labute approximate surface area is 101 Å². The van der Waals surface area contributed by atoms with E-state index in [0.717, 1.165) is 41.8 Å². The molecule has 0 N–H and O–H groups in total. The van der Waals surface area contributed by atoms with Crippen LogP contribution in [0.25, 0.3) is 0 Å². The molecule has 84 valence electrons. The summed E-state index contributed by atoms with van der Waals surface area (Å²) in [5.41, 5.74) is 0. The molecule has 2 radical (unpaired) electrons. The summed E-state index contributed by atoms with van der Waals surface area (Å²) < 4.78 is 16.1. The molecule has 0 aromatic heterocycles. The minimum absolute atomic E-state index is 0.703. The Kier molecular flexibility index (Phi) is 9.38. The van der Waals surface area contributed by atoms with Crippen molar-refractivity contribution < 1.29 is 14.2 Å². The number of rotatable bonds is 9. The van der Waals surface area contributed by atoms with Crippen LogP contribution in [-0.2, 0) is 14.2 Å². The van der Waals surface area contributed by atoms with Crippen molar-refractivity contribution in [2.45, 2.75) is 44.0 Å². The molecule has 0 unspecified atom stereocenters. The van der Waals surface area contributed by atoms with Gasteiger partial charge in [-0.25, -0.2) is 0 Å². The molecule has 0 aromatic carbocycles. The SMILES string of the molecule is CCCO[C]([SnH])(OCCC)OCCC. The topological polar surface area (TPSA) is 27.7 Å². The minimum atomic E-state index is -0.715. The quantitative estimate of drug-likeness (QED) is 0.480. The van der Waals surface area contributed by atoms with E-state index in [1.54, 1.807) is 0 Å². The van der Waals surface area contributed by atoms with Crippen LogP contribution >= 0.6 is 0 Å². The molecule has 14 heavy (non-hydrogen) atoms. The molecular weight excluding hydrogens is 287 g/mol. The van der Waals surface area contributed by atoms with Crippen molar-refractivity contribution in [1.29, 1.82) is 0 Å². The summed E-state index contributed by atoms with van der Waals surface area (Å²) in [4.78, 5) is 0. The third kappa shape index (κ3) is 7.03. The van der Waals surface area contributed by atoms with Crippen LogP contribution in [0.2, 0.25) is 0 Å². The van der Waals surface area contributed by atoms with E-state index in [-0.39, 0.29) is 0 Å². The number of hydrogen-bond donors (Lipinski definition) is 0. The summed E-state index contributed by atoms with van der Waals surface area (Å²) in [7, 11) is 0. The summed E-state index contributed by atoms with van der Waals surface area (Å²) in [6.07, 6.45) is 2.98. The van der Waals surface area contributed by atoms with Gasteiger partial charge in [0.05, 0.1) is 0 Å². The van der Waals surface area contributed by atoms with Crippen molar-refractivity contribution in [2.75, 3.05) is 19.8 Å². The molecule has 4 heteroatoms. The first-order valence-corrected chi connectivity index (χ1v) is 7.04. The van der Waals surface area contributed by atoms with E-state index >= 15 is 0 Å². The maximum atomic E-state index is 5.60. The van der Waals surface area contributed by atoms with E-state index in [9.17, 15) is 0 Å². The Bertz CT molecular complexity index is 109. The molecule has 3 nitrogen and oxygen atoms in total. The van der Waals surface area contributed by atoms with Crippen molar-refractivity contribution in [2.24, 2.45) is 0 Å². The second kappa shape index (κ2) is 8.94. The van der Waals surface area contributed by atoms with Gasteiger partial charge in [0, 0.05) is 0 Å². The van der Waals surface area contributed by atoms with Gasteiger partial charge in [-0.3, -0.25) is 0 Å². The van der Waals surface area contributed by atoms with E-state index in [0.29, 0.717) is 19.8 Å². The first-order chi connectivity index (χ1) is 6.68. The van der Waals surface area contributed by atoms with Crippen LogP contribution in [0.5, 0.6) is 0 Å². The fourth-order valence-corrected chi connectivity index (χ4v) is 1.87. The molecule has 0 aliphatic rings. The van der Waals surface area contributed by atoms with Crippen LogP contribution in [0.15, 0.2) is 0 Å². The average Bonchev–Trinajstić information content (AvgIpc) is 2.21. The molecule has 0 spiro atoms. The van der Waals surface area contributed by atoms with E-state index in [4.69, 9.17) is 14.2 Å². The molecule has 0 saturated carbocycles. The van der Waals surface area contributed by atoms with Crippen molar-refractivity contribution in [3.8, 4) is 0 Å². The monoisotopic (exact) mass is 310 g/mol. The molecule has 0 aromatic rings. The van der Waals surface area contributed by atoms with Gasteiger partial charge in [-0.15, -0.1) is 0 Å². The van der Waals surface area contributed by atoms with Gasteiger partial charge in [0.15, 0.2) is 0 Å².